The Hall–Kier alpha value is -1.06. The standard InChI is InChI=1S/C8H15NO3.H2/c1-3-6-9-7(10)4-5-8(11)12-2;/h3-6H2,1-2H3,(H,9,10);1H. The number of carbonyl (C=O) groups is 2. The molecule has 0 spiro atoms. The monoisotopic (exact) mass is 175 g/mol. The Balaban J connectivity index is 0. The summed E-state index contributed by atoms with van der Waals surface area (Å²) in [6.45, 7) is 2.64. The van der Waals surface area contributed by atoms with Crippen LogP contribution in [0, 0.1) is 0 Å². The molecular weight excluding hydrogens is 158 g/mol. The second-order valence-electron chi connectivity index (χ2n) is 2.43. The van der Waals surface area contributed by atoms with Crippen LogP contribution in [0.4, 0.5) is 0 Å². The van der Waals surface area contributed by atoms with Crippen molar-refractivity contribution in [3.05, 3.63) is 0 Å². The lowest BCUT2D eigenvalue weighted by atomic mass is 10.3. The third kappa shape index (κ3) is 5.70. The predicted molar refractivity (Wildman–Crippen MR) is 46.7 cm³/mol. The number of hydrogen-bond donors (Lipinski definition) is 1. The Morgan fingerprint density at radius 1 is 1.42 bits per heavy atom. The van der Waals surface area contributed by atoms with E-state index < -0.39 is 0 Å². The molecule has 0 bridgehead atoms. The first-order valence-electron chi connectivity index (χ1n) is 4.04. The second kappa shape index (κ2) is 6.64. The van der Waals surface area contributed by atoms with Gasteiger partial charge in [0.05, 0.1) is 13.5 Å². The zero-order valence-corrected chi connectivity index (χ0v) is 7.55. The van der Waals surface area contributed by atoms with Crippen LogP contribution in [0.25, 0.3) is 0 Å². The highest BCUT2D eigenvalue weighted by molar-refractivity contribution is 5.81. The van der Waals surface area contributed by atoms with E-state index in [4.69, 9.17) is 0 Å². The number of hydrogen-bond acceptors (Lipinski definition) is 3. The van der Waals surface area contributed by atoms with E-state index >= 15 is 0 Å². The third-order valence-electron chi connectivity index (χ3n) is 1.36. The maximum absolute atomic E-state index is 10.9. The summed E-state index contributed by atoms with van der Waals surface area (Å²) in [5, 5.41) is 2.67. The smallest absolute Gasteiger partial charge is 0.306 e. The van der Waals surface area contributed by atoms with Crippen molar-refractivity contribution in [2.24, 2.45) is 0 Å². The van der Waals surface area contributed by atoms with Gasteiger partial charge in [0.1, 0.15) is 0 Å². The van der Waals surface area contributed by atoms with Gasteiger partial charge in [-0.05, 0) is 6.42 Å². The molecule has 4 nitrogen and oxygen atoms in total. The Kier molecular flexibility index (Phi) is 6.05. The largest absolute Gasteiger partial charge is 0.469 e. The lowest BCUT2D eigenvalue weighted by Crippen LogP contribution is -2.24. The van der Waals surface area contributed by atoms with Crippen LogP contribution in [0.2, 0.25) is 0 Å². The van der Waals surface area contributed by atoms with Gasteiger partial charge in [0, 0.05) is 14.4 Å². The molecule has 0 aliphatic carbocycles. The van der Waals surface area contributed by atoms with Gasteiger partial charge >= 0.3 is 5.97 Å². The molecule has 0 unspecified atom stereocenters. The lowest BCUT2D eigenvalue weighted by Gasteiger charge is -2.01. The molecule has 0 rings (SSSR count). The van der Waals surface area contributed by atoms with Crippen LogP contribution in [-0.4, -0.2) is 25.5 Å². The summed E-state index contributed by atoms with van der Waals surface area (Å²) in [5.41, 5.74) is 0. The van der Waals surface area contributed by atoms with Gasteiger partial charge in [-0.15, -0.1) is 0 Å². The van der Waals surface area contributed by atoms with E-state index in [1.807, 2.05) is 6.92 Å². The van der Waals surface area contributed by atoms with Crippen LogP contribution in [0.5, 0.6) is 0 Å². The molecule has 0 atom stereocenters. The normalized spacial score (nSPS) is 9.17. The topological polar surface area (TPSA) is 55.4 Å². The van der Waals surface area contributed by atoms with Crippen LogP contribution < -0.4 is 5.32 Å². The average Bonchev–Trinajstić information content (AvgIpc) is 2.10. The number of ether oxygens (including phenoxy) is 1. The molecular formula is C8H17NO3. The van der Waals surface area contributed by atoms with Gasteiger partial charge in [-0.2, -0.15) is 0 Å². The first-order chi connectivity index (χ1) is 5.70. The first kappa shape index (κ1) is 10.9. The van der Waals surface area contributed by atoms with Crippen LogP contribution >= 0.6 is 0 Å². The van der Waals surface area contributed by atoms with Crippen molar-refractivity contribution < 1.29 is 15.8 Å². The molecule has 0 aromatic heterocycles. The molecule has 12 heavy (non-hydrogen) atoms. The van der Waals surface area contributed by atoms with Crippen LogP contribution in [0.3, 0.4) is 0 Å². The summed E-state index contributed by atoms with van der Waals surface area (Å²) in [7, 11) is 1.31. The predicted octanol–water partition coefficient (Wildman–Crippen LogP) is 0.712. The fourth-order valence-electron chi connectivity index (χ4n) is 0.670. The number of rotatable bonds is 5. The highest BCUT2D eigenvalue weighted by atomic mass is 16.5. The van der Waals surface area contributed by atoms with E-state index in [-0.39, 0.29) is 26.1 Å². The van der Waals surface area contributed by atoms with Crippen LogP contribution in [-0.2, 0) is 14.3 Å². The minimum Gasteiger partial charge on any atom is -0.469 e. The van der Waals surface area contributed by atoms with Gasteiger partial charge in [-0.3, -0.25) is 9.59 Å². The lowest BCUT2D eigenvalue weighted by molar-refractivity contribution is -0.142. The number of amides is 1. The van der Waals surface area contributed by atoms with Crippen LogP contribution in [0.1, 0.15) is 27.6 Å². The average molecular weight is 175 g/mol. The number of methoxy groups -OCH3 is 1. The minimum absolute atomic E-state index is 0. The Labute approximate surface area is 73.8 Å². The van der Waals surface area contributed by atoms with Crippen molar-refractivity contribution >= 4 is 11.9 Å². The van der Waals surface area contributed by atoms with E-state index in [1.165, 1.54) is 7.11 Å². The van der Waals surface area contributed by atoms with Crippen molar-refractivity contribution in [3.8, 4) is 0 Å². The Morgan fingerprint density at radius 3 is 2.58 bits per heavy atom. The fourth-order valence-corrected chi connectivity index (χ4v) is 0.670. The second-order valence-corrected chi connectivity index (χ2v) is 2.43. The molecule has 0 aromatic carbocycles. The van der Waals surface area contributed by atoms with Gasteiger partial charge in [0.2, 0.25) is 5.91 Å². The number of esters is 1. The van der Waals surface area contributed by atoms with E-state index in [2.05, 4.69) is 10.1 Å². The summed E-state index contributed by atoms with van der Waals surface area (Å²) in [6.07, 6.45) is 1.28. The van der Waals surface area contributed by atoms with Gasteiger partial charge in [-0.25, -0.2) is 0 Å². The molecule has 4 heteroatoms. The van der Waals surface area contributed by atoms with Crippen molar-refractivity contribution in [1.82, 2.24) is 5.32 Å². The summed E-state index contributed by atoms with van der Waals surface area (Å²) < 4.78 is 4.39. The third-order valence-corrected chi connectivity index (χ3v) is 1.36. The Bertz CT molecular complexity index is 161. The molecule has 0 aromatic rings. The maximum atomic E-state index is 10.9. The molecule has 0 saturated heterocycles. The quantitative estimate of drug-likeness (QED) is 0.626. The fraction of sp³-hybridized carbons (Fsp3) is 0.750. The van der Waals surface area contributed by atoms with Gasteiger partial charge < -0.3 is 10.1 Å². The summed E-state index contributed by atoms with van der Waals surface area (Å²) in [6, 6.07) is 0. The van der Waals surface area contributed by atoms with Gasteiger partial charge in [0.25, 0.3) is 0 Å². The van der Waals surface area contributed by atoms with E-state index in [0.29, 0.717) is 6.54 Å². The molecule has 0 saturated carbocycles. The SMILES string of the molecule is CCCNC(=O)CCC(=O)OC.[HH]. The summed E-state index contributed by atoms with van der Waals surface area (Å²) in [4.78, 5) is 21.5. The summed E-state index contributed by atoms with van der Waals surface area (Å²) in [5.74, 6) is -0.441. The van der Waals surface area contributed by atoms with E-state index in [1.54, 1.807) is 0 Å². The maximum Gasteiger partial charge on any atom is 0.306 e. The number of nitrogens with one attached hydrogen (secondary N) is 1. The highest BCUT2D eigenvalue weighted by Crippen LogP contribution is 1.91. The number of carbonyl (C=O) groups excluding carboxylic acids is 2. The zero-order valence-electron chi connectivity index (χ0n) is 7.55. The molecule has 0 aliphatic heterocycles. The molecule has 0 fully saturated rings. The Morgan fingerprint density at radius 2 is 2.08 bits per heavy atom. The van der Waals surface area contributed by atoms with Crippen molar-refractivity contribution in [1.29, 1.82) is 0 Å². The first-order valence-corrected chi connectivity index (χ1v) is 4.04. The van der Waals surface area contributed by atoms with Gasteiger partial charge in [0.15, 0.2) is 0 Å². The highest BCUT2D eigenvalue weighted by Gasteiger charge is 2.04. The zero-order chi connectivity index (χ0) is 9.40. The molecule has 0 aliphatic rings. The van der Waals surface area contributed by atoms with Crippen molar-refractivity contribution in [3.63, 3.8) is 0 Å². The van der Waals surface area contributed by atoms with E-state index in [9.17, 15) is 9.59 Å². The molecule has 72 valence electrons. The summed E-state index contributed by atoms with van der Waals surface area (Å²) >= 11 is 0. The van der Waals surface area contributed by atoms with Crippen LogP contribution in [0.15, 0.2) is 0 Å². The van der Waals surface area contributed by atoms with Gasteiger partial charge in [-0.1, -0.05) is 6.92 Å². The van der Waals surface area contributed by atoms with Crippen molar-refractivity contribution in [2.45, 2.75) is 26.2 Å². The van der Waals surface area contributed by atoms with E-state index in [0.717, 1.165) is 6.42 Å². The molecule has 1 amide bonds. The molecule has 0 heterocycles. The minimum atomic E-state index is -0.346. The van der Waals surface area contributed by atoms with Crippen molar-refractivity contribution in [2.75, 3.05) is 13.7 Å². The molecule has 0 radical (unpaired) electrons. The molecule has 1 N–H and O–H groups in total.